The lowest BCUT2D eigenvalue weighted by atomic mass is 9.99. The molecule has 1 N–H and O–H groups in total. The molecule has 0 bridgehead atoms. The molecule has 31 heavy (non-hydrogen) atoms. The fourth-order valence-electron chi connectivity index (χ4n) is 4.78. The van der Waals surface area contributed by atoms with Crippen molar-refractivity contribution in [3.8, 4) is 0 Å². The van der Waals surface area contributed by atoms with E-state index in [2.05, 4.69) is 45.4 Å². The van der Waals surface area contributed by atoms with Gasteiger partial charge in [0.1, 0.15) is 0 Å². The number of carbonyl (C=O) groups is 1. The Morgan fingerprint density at radius 2 is 1.81 bits per heavy atom. The third kappa shape index (κ3) is 4.91. The topological polar surface area (TPSA) is 48.5 Å². The lowest BCUT2D eigenvalue weighted by Crippen LogP contribution is -2.39. The predicted octanol–water partition coefficient (Wildman–Crippen LogP) is 5.10. The lowest BCUT2D eigenvalue weighted by Gasteiger charge is -2.31. The molecule has 1 amide bonds. The van der Waals surface area contributed by atoms with Crippen molar-refractivity contribution < 1.29 is 4.79 Å². The van der Waals surface area contributed by atoms with Crippen molar-refractivity contribution in [2.45, 2.75) is 38.0 Å². The molecule has 2 fully saturated rings. The summed E-state index contributed by atoms with van der Waals surface area (Å²) in [5.74, 6) is 0.485. The summed E-state index contributed by atoms with van der Waals surface area (Å²) in [5, 5.41) is 4.29. The first-order valence-corrected chi connectivity index (χ1v) is 12.3. The molecule has 0 unspecified atom stereocenters. The number of carbonyl (C=O) groups excluding carboxylic acids is 1. The van der Waals surface area contributed by atoms with Gasteiger partial charge >= 0.3 is 0 Å². The number of rotatable bonds is 5. The van der Waals surface area contributed by atoms with E-state index in [0.29, 0.717) is 12.5 Å². The van der Waals surface area contributed by atoms with Gasteiger partial charge in [-0.05, 0) is 75.0 Å². The molecule has 1 aromatic heterocycles. The van der Waals surface area contributed by atoms with Gasteiger partial charge in [-0.25, -0.2) is 4.98 Å². The van der Waals surface area contributed by atoms with Crippen LogP contribution in [0.3, 0.4) is 0 Å². The maximum atomic E-state index is 12.7. The lowest BCUT2D eigenvalue weighted by molar-refractivity contribution is -0.117. The largest absolute Gasteiger partial charge is 0.372 e. The summed E-state index contributed by atoms with van der Waals surface area (Å²) in [4.78, 5) is 22.2. The molecule has 3 heterocycles. The summed E-state index contributed by atoms with van der Waals surface area (Å²) in [6.45, 7) is 4.59. The summed E-state index contributed by atoms with van der Waals surface area (Å²) < 4.78 is 1.25. The average Bonchev–Trinajstić information content (AvgIpc) is 3.25. The number of fused-ring (bicyclic) bond motifs is 1. The SMILES string of the molecule is O=C(CN1CCC[C@@H](c2nc3ccccc3s2)C1)Nc1ccc(N2CCCCC2)cc1. The Bertz CT molecular complexity index is 992. The smallest absolute Gasteiger partial charge is 0.238 e. The molecule has 2 aliphatic rings. The van der Waals surface area contributed by atoms with Gasteiger partial charge in [-0.3, -0.25) is 9.69 Å². The van der Waals surface area contributed by atoms with Crippen LogP contribution in [0.25, 0.3) is 10.2 Å². The molecular formula is C25H30N4OS. The van der Waals surface area contributed by atoms with Crippen molar-refractivity contribution in [2.75, 3.05) is 42.9 Å². The number of anilines is 2. The highest BCUT2D eigenvalue weighted by molar-refractivity contribution is 7.18. The number of thiazole rings is 1. The molecule has 2 aliphatic heterocycles. The number of piperidine rings is 2. The van der Waals surface area contributed by atoms with Crippen LogP contribution in [-0.4, -0.2) is 48.5 Å². The molecule has 5 rings (SSSR count). The minimum Gasteiger partial charge on any atom is -0.372 e. The predicted molar refractivity (Wildman–Crippen MR) is 129 cm³/mol. The van der Waals surface area contributed by atoms with E-state index in [0.717, 1.165) is 50.2 Å². The Hall–Kier alpha value is -2.44. The molecule has 0 radical (unpaired) electrons. The Kier molecular flexibility index (Phi) is 6.18. The molecule has 0 spiro atoms. The highest BCUT2D eigenvalue weighted by atomic mass is 32.1. The normalized spacial score (nSPS) is 20.1. The number of likely N-dealkylation sites (tertiary alicyclic amines) is 1. The van der Waals surface area contributed by atoms with Gasteiger partial charge in [0, 0.05) is 36.9 Å². The minimum atomic E-state index is 0.0654. The molecule has 5 nitrogen and oxygen atoms in total. The monoisotopic (exact) mass is 434 g/mol. The Balaban J connectivity index is 1.16. The number of para-hydroxylation sites is 1. The van der Waals surface area contributed by atoms with E-state index in [9.17, 15) is 4.79 Å². The molecule has 162 valence electrons. The maximum Gasteiger partial charge on any atom is 0.238 e. The number of hydrogen-bond acceptors (Lipinski definition) is 5. The van der Waals surface area contributed by atoms with Crippen molar-refractivity contribution in [1.29, 1.82) is 0 Å². The number of nitrogens with zero attached hydrogens (tertiary/aromatic N) is 3. The Morgan fingerprint density at radius 3 is 2.61 bits per heavy atom. The van der Waals surface area contributed by atoms with E-state index in [1.54, 1.807) is 11.3 Å². The van der Waals surface area contributed by atoms with Crippen LogP contribution in [0.1, 0.15) is 43.0 Å². The summed E-state index contributed by atoms with van der Waals surface area (Å²) >= 11 is 1.80. The van der Waals surface area contributed by atoms with Gasteiger partial charge in [-0.1, -0.05) is 12.1 Å². The fraction of sp³-hybridized carbons (Fsp3) is 0.440. The minimum absolute atomic E-state index is 0.0654. The van der Waals surface area contributed by atoms with Gasteiger partial charge in [0.25, 0.3) is 0 Å². The van der Waals surface area contributed by atoms with Crippen LogP contribution in [0, 0.1) is 0 Å². The first kappa shape index (κ1) is 20.5. The zero-order valence-electron chi connectivity index (χ0n) is 17.9. The van der Waals surface area contributed by atoms with E-state index in [1.807, 2.05) is 18.2 Å². The number of benzene rings is 2. The van der Waals surface area contributed by atoms with E-state index < -0.39 is 0 Å². The average molecular weight is 435 g/mol. The van der Waals surface area contributed by atoms with Crippen molar-refractivity contribution in [3.05, 3.63) is 53.5 Å². The van der Waals surface area contributed by atoms with Gasteiger partial charge in [-0.15, -0.1) is 11.3 Å². The second kappa shape index (κ2) is 9.37. The highest BCUT2D eigenvalue weighted by Crippen LogP contribution is 2.33. The quantitative estimate of drug-likeness (QED) is 0.607. The molecule has 2 saturated heterocycles. The Labute approximate surface area is 188 Å². The van der Waals surface area contributed by atoms with Gasteiger partial charge in [0.05, 0.1) is 21.8 Å². The zero-order chi connectivity index (χ0) is 21.0. The third-order valence-corrected chi connectivity index (χ3v) is 7.60. The maximum absolute atomic E-state index is 12.7. The number of aromatic nitrogens is 1. The molecule has 3 aromatic rings. The molecular weight excluding hydrogens is 404 g/mol. The molecule has 0 saturated carbocycles. The van der Waals surface area contributed by atoms with Crippen LogP contribution in [0.2, 0.25) is 0 Å². The van der Waals surface area contributed by atoms with Crippen LogP contribution >= 0.6 is 11.3 Å². The van der Waals surface area contributed by atoms with Crippen molar-refractivity contribution in [1.82, 2.24) is 9.88 Å². The third-order valence-electron chi connectivity index (χ3n) is 6.40. The first-order valence-electron chi connectivity index (χ1n) is 11.5. The number of hydrogen-bond donors (Lipinski definition) is 1. The van der Waals surface area contributed by atoms with Crippen LogP contribution in [-0.2, 0) is 4.79 Å². The van der Waals surface area contributed by atoms with Crippen LogP contribution in [0.5, 0.6) is 0 Å². The standard InChI is InChI=1S/C25H30N4OS/c30-24(26-20-10-12-21(13-11-20)29-15-4-1-5-16-29)18-28-14-6-7-19(17-28)25-27-22-8-2-3-9-23(22)31-25/h2-3,8-13,19H,1,4-7,14-18H2,(H,26,30)/t19-/m1/s1. The summed E-state index contributed by atoms with van der Waals surface area (Å²) in [5.41, 5.74) is 3.23. The second-order valence-electron chi connectivity index (χ2n) is 8.74. The van der Waals surface area contributed by atoms with Crippen molar-refractivity contribution >= 4 is 38.8 Å². The molecule has 2 aromatic carbocycles. The van der Waals surface area contributed by atoms with Gasteiger partial charge < -0.3 is 10.2 Å². The summed E-state index contributed by atoms with van der Waals surface area (Å²) in [6.07, 6.45) is 6.13. The Morgan fingerprint density at radius 1 is 1.00 bits per heavy atom. The van der Waals surface area contributed by atoms with Gasteiger partial charge in [-0.2, -0.15) is 0 Å². The van der Waals surface area contributed by atoms with Crippen LogP contribution in [0.4, 0.5) is 11.4 Å². The molecule has 6 heteroatoms. The van der Waals surface area contributed by atoms with Crippen molar-refractivity contribution in [2.24, 2.45) is 0 Å². The summed E-state index contributed by atoms with van der Waals surface area (Å²) in [7, 11) is 0. The summed E-state index contributed by atoms with van der Waals surface area (Å²) in [6, 6.07) is 16.7. The fourth-order valence-corrected chi connectivity index (χ4v) is 5.87. The van der Waals surface area contributed by atoms with E-state index in [1.165, 1.54) is 34.7 Å². The highest BCUT2D eigenvalue weighted by Gasteiger charge is 2.25. The van der Waals surface area contributed by atoms with Gasteiger partial charge in [0.15, 0.2) is 0 Å². The second-order valence-corrected chi connectivity index (χ2v) is 9.80. The van der Waals surface area contributed by atoms with Crippen molar-refractivity contribution in [3.63, 3.8) is 0 Å². The zero-order valence-corrected chi connectivity index (χ0v) is 18.7. The first-order chi connectivity index (χ1) is 15.2. The van der Waals surface area contributed by atoms with E-state index in [4.69, 9.17) is 4.98 Å². The van der Waals surface area contributed by atoms with Gasteiger partial charge in [0.2, 0.25) is 5.91 Å². The molecule has 0 aliphatic carbocycles. The van der Waals surface area contributed by atoms with E-state index >= 15 is 0 Å². The number of amides is 1. The van der Waals surface area contributed by atoms with Crippen LogP contribution < -0.4 is 10.2 Å². The van der Waals surface area contributed by atoms with E-state index in [-0.39, 0.29) is 5.91 Å². The number of nitrogens with one attached hydrogen (secondary N) is 1. The van der Waals surface area contributed by atoms with Crippen LogP contribution in [0.15, 0.2) is 48.5 Å². The molecule has 1 atom stereocenters.